The predicted molar refractivity (Wildman–Crippen MR) is 61.1 cm³/mol. The van der Waals surface area contributed by atoms with E-state index in [2.05, 4.69) is 5.10 Å². The number of rotatable bonds is 2. The van der Waals surface area contributed by atoms with Crippen LogP contribution in [-0.2, 0) is 0 Å². The van der Waals surface area contributed by atoms with Crippen molar-refractivity contribution >= 4 is 17.8 Å². The average molecular weight is 218 g/mol. The highest BCUT2D eigenvalue weighted by atomic mass is 35.5. The molecule has 74 valence electrons. The van der Waals surface area contributed by atoms with Crippen LogP contribution in [0.3, 0.4) is 0 Å². The maximum absolute atomic E-state index is 5.78. The van der Waals surface area contributed by atoms with Gasteiger partial charge in [0.2, 0.25) is 12.4 Å². The van der Waals surface area contributed by atoms with E-state index in [1.807, 2.05) is 54.9 Å². The lowest BCUT2D eigenvalue weighted by Crippen LogP contribution is -2.25. The van der Waals surface area contributed by atoms with Crippen LogP contribution >= 0.6 is 11.6 Å². The van der Waals surface area contributed by atoms with E-state index in [1.165, 1.54) is 0 Å². The molecular formula is C12H10ClN2+. The first-order valence-electron chi connectivity index (χ1n) is 4.61. The summed E-state index contributed by atoms with van der Waals surface area (Å²) in [6.45, 7) is 0. The second-order valence-electron chi connectivity index (χ2n) is 3.05. The Morgan fingerprint density at radius 2 is 1.67 bits per heavy atom. The highest BCUT2D eigenvalue weighted by Crippen LogP contribution is 2.07. The summed E-state index contributed by atoms with van der Waals surface area (Å²) >= 11 is 5.78. The van der Waals surface area contributed by atoms with Crippen LogP contribution in [0.1, 0.15) is 5.56 Å². The van der Waals surface area contributed by atoms with Crippen molar-refractivity contribution in [1.29, 1.82) is 0 Å². The van der Waals surface area contributed by atoms with Crippen LogP contribution < -0.4 is 4.68 Å². The largest absolute Gasteiger partial charge is 0.202 e. The Bertz CT molecular complexity index is 449. The third-order valence-corrected chi connectivity index (χ3v) is 2.16. The Balaban J connectivity index is 2.15. The van der Waals surface area contributed by atoms with Gasteiger partial charge in [0.1, 0.15) is 6.21 Å². The third kappa shape index (κ3) is 2.89. The molecule has 0 fully saturated rings. The minimum atomic E-state index is 0.736. The maximum atomic E-state index is 5.78. The van der Waals surface area contributed by atoms with Gasteiger partial charge in [-0.25, -0.2) is 0 Å². The summed E-state index contributed by atoms with van der Waals surface area (Å²) in [5, 5.41) is 4.99. The fourth-order valence-electron chi connectivity index (χ4n) is 1.15. The molecule has 0 radical (unpaired) electrons. The number of benzene rings is 1. The fraction of sp³-hybridized carbons (Fsp3) is 0. The highest BCUT2D eigenvalue weighted by Gasteiger charge is 1.93. The minimum absolute atomic E-state index is 0.736. The Kier molecular flexibility index (Phi) is 3.10. The average Bonchev–Trinajstić information content (AvgIpc) is 2.30. The first-order valence-corrected chi connectivity index (χ1v) is 4.98. The van der Waals surface area contributed by atoms with E-state index < -0.39 is 0 Å². The van der Waals surface area contributed by atoms with Gasteiger partial charge in [0, 0.05) is 17.2 Å². The van der Waals surface area contributed by atoms with Gasteiger partial charge < -0.3 is 0 Å². The van der Waals surface area contributed by atoms with Crippen LogP contribution in [0.15, 0.2) is 60.0 Å². The van der Waals surface area contributed by atoms with E-state index in [1.54, 1.807) is 10.9 Å². The van der Waals surface area contributed by atoms with Gasteiger partial charge in [-0.3, -0.25) is 0 Å². The van der Waals surface area contributed by atoms with Crippen molar-refractivity contribution in [2.75, 3.05) is 0 Å². The zero-order chi connectivity index (χ0) is 10.5. The second kappa shape index (κ2) is 4.71. The third-order valence-electron chi connectivity index (χ3n) is 1.91. The molecular weight excluding hydrogens is 208 g/mol. The highest BCUT2D eigenvalue weighted by molar-refractivity contribution is 6.30. The summed E-state index contributed by atoms with van der Waals surface area (Å²) in [5.41, 5.74) is 1.02. The molecule has 0 aliphatic heterocycles. The Labute approximate surface area is 93.5 Å². The number of hydrogen-bond acceptors (Lipinski definition) is 1. The topological polar surface area (TPSA) is 16.2 Å². The van der Waals surface area contributed by atoms with Gasteiger partial charge in [-0.15, -0.1) is 0 Å². The monoisotopic (exact) mass is 217 g/mol. The SMILES string of the molecule is Clc1ccc(/C=N/[n+]2ccccc2)cc1. The van der Waals surface area contributed by atoms with E-state index in [4.69, 9.17) is 11.6 Å². The molecule has 0 bridgehead atoms. The van der Waals surface area contributed by atoms with Crippen LogP contribution in [-0.4, -0.2) is 6.21 Å². The summed E-state index contributed by atoms with van der Waals surface area (Å²) in [6, 6.07) is 13.4. The molecule has 0 amide bonds. The summed E-state index contributed by atoms with van der Waals surface area (Å²) in [6.07, 6.45) is 5.55. The summed E-state index contributed by atoms with van der Waals surface area (Å²) < 4.78 is 1.74. The van der Waals surface area contributed by atoms with E-state index >= 15 is 0 Å². The van der Waals surface area contributed by atoms with Crippen molar-refractivity contribution in [2.24, 2.45) is 5.10 Å². The van der Waals surface area contributed by atoms with Gasteiger partial charge in [0.15, 0.2) is 0 Å². The molecule has 0 saturated carbocycles. The van der Waals surface area contributed by atoms with Crippen molar-refractivity contribution in [2.45, 2.75) is 0 Å². The molecule has 0 unspecified atom stereocenters. The fourth-order valence-corrected chi connectivity index (χ4v) is 1.27. The van der Waals surface area contributed by atoms with Gasteiger partial charge in [-0.2, -0.15) is 0 Å². The van der Waals surface area contributed by atoms with Gasteiger partial charge in [0.05, 0.1) is 0 Å². The lowest BCUT2D eigenvalue weighted by molar-refractivity contribution is -0.678. The molecule has 0 aliphatic rings. The van der Waals surface area contributed by atoms with Crippen LogP contribution in [0.2, 0.25) is 5.02 Å². The molecule has 2 rings (SSSR count). The summed E-state index contributed by atoms with van der Waals surface area (Å²) in [7, 11) is 0. The summed E-state index contributed by atoms with van der Waals surface area (Å²) in [5.74, 6) is 0. The Morgan fingerprint density at radius 1 is 1.00 bits per heavy atom. The Morgan fingerprint density at radius 3 is 2.33 bits per heavy atom. The van der Waals surface area contributed by atoms with E-state index in [-0.39, 0.29) is 0 Å². The molecule has 0 aliphatic carbocycles. The van der Waals surface area contributed by atoms with Gasteiger partial charge in [0.25, 0.3) is 0 Å². The molecule has 1 aromatic carbocycles. The van der Waals surface area contributed by atoms with Crippen molar-refractivity contribution in [3.63, 3.8) is 0 Å². The first-order chi connectivity index (χ1) is 7.34. The number of halogens is 1. The molecule has 0 N–H and O–H groups in total. The van der Waals surface area contributed by atoms with Crippen LogP contribution in [0.4, 0.5) is 0 Å². The lowest BCUT2D eigenvalue weighted by atomic mass is 10.2. The Hall–Kier alpha value is -1.67. The zero-order valence-electron chi connectivity index (χ0n) is 8.05. The molecule has 3 heteroatoms. The number of hydrogen-bond donors (Lipinski definition) is 0. The minimum Gasteiger partial charge on any atom is -0.0843 e. The van der Waals surface area contributed by atoms with Gasteiger partial charge >= 0.3 is 0 Å². The number of pyridine rings is 1. The zero-order valence-corrected chi connectivity index (χ0v) is 8.80. The van der Waals surface area contributed by atoms with Crippen LogP contribution in [0, 0.1) is 0 Å². The maximum Gasteiger partial charge on any atom is 0.202 e. The molecule has 2 nitrogen and oxygen atoms in total. The lowest BCUT2D eigenvalue weighted by Gasteiger charge is -1.90. The molecule has 0 spiro atoms. The molecule has 2 aromatic rings. The van der Waals surface area contributed by atoms with E-state index in [9.17, 15) is 0 Å². The van der Waals surface area contributed by atoms with Gasteiger partial charge in [-0.1, -0.05) is 34.5 Å². The van der Waals surface area contributed by atoms with Gasteiger partial charge in [-0.05, 0) is 22.8 Å². The first kappa shape index (κ1) is 9.87. The van der Waals surface area contributed by atoms with E-state index in [0.29, 0.717) is 0 Å². The number of aromatic nitrogens is 1. The van der Waals surface area contributed by atoms with E-state index in [0.717, 1.165) is 10.6 Å². The molecule has 0 atom stereocenters. The van der Waals surface area contributed by atoms with Crippen LogP contribution in [0.5, 0.6) is 0 Å². The van der Waals surface area contributed by atoms with Crippen LogP contribution in [0.25, 0.3) is 0 Å². The number of nitrogens with zero attached hydrogens (tertiary/aromatic N) is 2. The predicted octanol–water partition coefficient (Wildman–Crippen LogP) is 2.51. The smallest absolute Gasteiger partial charge is 0.0843 e. The molecule has 0 saturated heterocycles. The van der Waals surface area contributed by atoms with Crippen molar-refractivity contribution in [3.8, 4) is 0 Å². The van der Waals surface area contributed by atoms with Crippen molar-refractivity contribution in [1.82, 2.24) is 0 Å². The quantitative estimate of drug-likeness (QED) is 0.543. The normalized spacial score (nSPS) is 10.7. The second-order valence-corrected chi connectivity index (χ2v) is 3.49. The molecule has 1 aromatic heterocycles. The molecule has 1 heterocycles. The van der Waals surface area contributed by atoms with Crippen molar-refractivity contribution < 1.29 is 4.68 Å². The standard InChI is InChI=1S/C12H10ClN2/c13-12-6-4-11(5-7-12)10-14-15-8-2-1-3-9-15/h1-10H/q+1/b14-10+. The van der Waals surface area contributed by atoms with Crippen molar-refractivity contribution in [3.05, 3.63) is 65.4 Å². The molecule has 15 heavy (non-hydrogen) atoms. The summed E-state index contributed by atoms with van der Waals surface area (Å²) in [4.78, 5) is 0.